The topological polar surface area (TPSA) is 21.3 Å². The molecule has 0 aliphatic carbocycles. The summed E-state index contributed by atoms with van der Waals surface area (Å²) in [6.45, 7) is 0.642. The van der Waals surface area contributed by atoms with Crippen molar-refractivity contribution >= 4 is 11.6 Å². The summed E-state index contributed by atoms with van der Waals surface area (Å²) in [6.07, 6.45) is 0. The third-order valence-electron chi connectivity index (χ3n) is 2.91. The van der Waals surface area contributed by atoms with Gasteiger partial charge < -0.3 is 10.1 Å². The van der Waals surface area contributed by atoms with Crippen LogP contribution in [-0.2, 0) is 6.54 Å². The Bertz CT molecular complexity index is 586. The van der Waals surface area contributed by atoms with Gasteiger partial charge in [0.15, 0.2) is 11.6 Å². The normalized spacial score (nSPS) is 10.5. The summed E-state index contributed by atoms with van der Waals surface area (Å²) in [5, 5.41) is 3.65. The Hall–Kier alpha value is -1.58. The van der Waals surface area contributed by atoms with Gasteiger partial charge in [-0.15, -0.1) is 0 Å². The molecule has 2 aromatic carbocycles. The number of hydrogen-bond donors (Lipinski definition) is 1. The maximum Gasteiger partial charge on any atom is 0.172 e. The van der Waals surface area contributed by atoms with E-state index < -0.39 is 0 Å². The number of benzene rings is 2. The van der Waals surface area contributed by atoms with E-state index in [0.29, 0.717) is 17.1 Å². The zero-order valence-corrected chi connectivity index (χ0v) is 11.6. The molecule has 0 aromatic heterocycles. The highest BCUT2D eigenvalue weighted by Crippen LogP contribution is 2.32. The van der Waals surface area contributed by atoms with Crippen LogP contribution in [0.1, 0.15) is 5.56 Å². The van der Waals surface area contributed by atoms with Crippen LogP contribution in [0.5, 0.6) is 5.75 Å². The third kappa shape index (κ3) is 2.88. The van der Waals surface area contributed by atoms with Crippen LogP contribution in [0.25, 0.3) is 11.1 Å². The molecule has 0 atom stereocenters. The largest absolute Gasteiger partial charge is 0.494 e. The summed E-state index contributed by atoms with van der Waals surface area (Å²) in [6, 6.07) is 10.6. The SMILES string of the molecule is CNCc1ccc(Cl)cc1-c1cccc(OC)c1F. The number of ether oxygens (including phenoxy) is 1. The summed E-state index contributed by atoms with van der Waals surface area (Å²) in [5.74, 6) is -0.141. The Kier molecular flexibility index (Phi) is 4.40. The van der Waals surface area contributed by atoms with Crippen molar-refractivity contribution in [3.63, 3.8) is 0 Å². The highest BCUT2D eigenvalue weighted by atomic mass is 35.5. The molecular weight excluding hydrogens is 265 g/mol. The summed E-state index contributed by atoms with van der Waals surface area (Å²) < 4.78 is 19.3. The monoisotopic (exact) mass is 279 g/mol. The van der Waals surface area contributed by atoms with Gasteiger partial charge in [-0.2, -0.15) is 0 Å². The van der Waals surface area contributed by atoms with Gasteiger partial charge in [0.1, 0.15) is 0 Å². The molecule has 1 N–H and O–H groups in total. The van der Waals surface area contributed by atoms with Crippen LogP contribution >= 0.6 is 11.6 Å². The number of rotatable bonds is 4. The van der Waals surface area contributed by atoms with E-state index in [1.165, 1.54) is 7.11 Å². The molecule has 2 rings (SSSR count). The molecule has 4 heteroatoms. The number of nitrogens with one attached hydrogen (secondary N) is 1. The molecule has 100 valence electrons. The second-order valence-electron chi connectivity index (χ2n) is 4.15. The van der Waals surface area contributed by atoms with Gasteiger partial charge in [0.25, 0.3) is 0 Å². The standard InChI is InChI=1S/C15H15ClFNO/c1-18-9-10-6-7-11(16)8-13(10)12-4-3-5-14(19-2)15(12)17/h3-8,18H,9H2,1-2H3. The molecule has 0 saturated heterocycles. The minimum Gasteiger partial charge on any atom is -0.494 e. The molecule has 0 fully saturated rings. The van der Waals surface area contributed by atoms with Crippen molar-refractivity contribution in [2.24, 2.45) is 0 Å². The molecule has 0 bridgehead atoms. The first-order valence-corrected chi connectivity index (χ1v) is 6.31. The van der Waals surface area contributed by atoms with Gasteiger partial charge in [-0.05, 0) is 36.4 Å². The highest BCUT2D eigenvalue weighted by molar-refractivity contribution is 6.30. The minimum absolute atomic E-state index is 0.230. The van der Waals surface area contributed by atoms with Gasteiger partial charge in [0.2, 0.25) is 0 Å². The molecule has 0 heterocycles. The van der Waals surface area contributed by atoms with Crippen molar-refractivity contribution < 1.29 is 9.13 Å². The van der Waals surface area contributed by atoms with E-state index in [9.17, 15) is 4.39 Å². The number of methoxy groups -OCH3 is 1. The Labute approximate surface area is 117 Å². The average molecular weight is 280 g/mol. The number of hydrogen-bond acceptors (Lipinski definition) is 2. The van der Waals surface area contributed by atoms with E-state index in [0.717, 1.165) is 11.1 Å². The number of halogens is 2. The van der Waals surface area contributed by atoms with Gasteiger partial charge in [0.05, 0.1) is 7.11 Å². The van der Waals surface area contributed by atoms with Crippen molar-refractivity contribution in [3.05, 3.63) is 52.8 Å². The van der Waals surface area contributed by atoms with E-state index in [2.05, 4.69) is 5.32 Å². The fraction of sp³-hybridized carbons (Fsp3) is 0.200. The van der Waals surface area contributed by atoms with Crippen LogP contribution in [0.2, 0.25) is 5.02 Å². The van der Waals surface area contributed by atoms with Crippen molar-refractivity contribution in [3.8, 4) is 16.9 Å². The Morgan fingerprint density at radius 3 is 2.68 bits per heavy atom. The molecule has 2 aromatic rings. The van der Waals surface area contributed by atoms with Crippen molar-refractivity contribution in [2.75, 3.05) is 14.2 Å². The van der Waals surface area contributed by atoms with Crippen molar-refractivity contribution in [1.82, 2.24) is 5.32 Å². The molecule has 19 heavy (non-hydrogen) atoms. The molecular formula is C15H15ClFNO. The van der Waals surface area contributed by atoms with Crippen LogP contribution in [0.15, 0.2) is 36.4 Å². The van der Waals surface area contributed by atoms with E-state index in [-0.39, 0.29) is 11.6 Å². The first-order chi connectivity index (χ1) is 9.17. The van der Waals surface area contributed by atoms with Crippen LogP contribution in [0, 0.1) is 5.82 Å². The van der Waals surface area contributed by atoms with E-state index in [1.54, 1.807) is 30.3 Å². The minimum atomic E-state index is -0.371. The van der Waals surface area contributed by atoms with Gasteiger partial charge in [-0.3, -0.25) is 0 Å². The predicted molar refractivity (Wildman–Crippen MR) is 76.2 cm³/mol. The zero-order chi connectivity index (χ0) is 13.8. The van der Waals surface area contributed by atoms with Crippen LogP contribution in [0.4, 0.5) is 4.39 Å². The average Bonchev–Trinajstić information content (AvgIpc) is 2.41. The fourth-order valence-corrected chi connectivity index (χ4v) is 2.19. The predicted octanol–water partition coefficient (Wildman–Crippen LogP) is 3.87. The van der Waals surface area contributed by atoms with Gasteiger partial charge in [-0.25, -0.2) is 4.39 Å². The second kappa shape index (κ2) is 6.04. The van der Waals surface area contributed by atoms with Gasteiger partial charge in [0, 0.05) is 17.1 Å². The Balaban J connectivity index is 2.60. The quantitative estimate of drug-likeness (QED) is 0.917. The molecule has 0 aliphatic rings. The second-order valence-corrected chi connectivity index (χ2v) is 4.59. The van der Waals surface area contributed by atoms with Crippen molar-refractivity contribution in [1.29, 1.82) is 0 Å². The van der Waals surface area contributed by atoms with Crippen LogP contribution in [-0.4, -0.2) is 14.2 Å². The molecule has 0 spiro atoms. The third-order valence-corrected chi connectivity index (χ3v) is 3.15. The maximum atomic E-state index is 14.3. The molecule has 0 radical (unpaired) electrons. The summed E-state index contributed by atoms with van der Waals surface area (Å²) in [7, 11) is 3.30. The summed E-state index contributed by atoms with van der Waals surface area (Å²) in [5.41, 5.74) is 2.25. The van der Waals surface area contributed by atoms with E-state index in [4.69, 9.17) is 16.3 Å². The Morgan fingerprint density at radius 2 is 2.00 bits per heavy atom. The maximum absolute atomic E-state index is 14.3. The molecule has 0 aliphatic heterocycles. The lowest BCUT2D eigenvalue weighted by molar-refractivity contribution is 0.387. The summed E-state index contributed by atoms with van der Waals surface area (Å²) in [4.78, 5) is 0. The molecule has 0 saturated carbocycles. The molecule has 2 nitrogen and oxygen atoms in total. The van der Waals surface area contributed by atoms with E-state index >= 15 is 0 Å². The van der Waals surface area contributed by atoms with E-state index in [1.807, 2.05) is 13.1 Å². The highest BCUT2D eigenvalue weighted by Gasteiger charge is 2.13. The lowest BCUT2D eigenvalue weighted by Crippen LogP contribution is -2.06. The Morgan fingerprint density at radius 1 is 1.21 bits per heavy atom. The fourth-order valence-electron chi connectivity index (χ4n) is 2.02. The van der Waals surface area contributed by atoms with Crippen LogP contribution < -0.4 is 10.1 Å². The zero-order valence-electron chi connectivity index (χ0n) is 10.8. The first-order valence-electron chi connectivity index (χ1n) is 5.93. The lowest BCUT2D eigenvalue weighted by Gasteiger charge is -2.12. The molecule has 0 amide bonds. The van der Waals surface area contributed by atoms with Crippen LogP contribution in [0.3, 0.4) is 0 Å². The lowest BCUT2D eigenvalue weighted by atomic mass is 9.99. The van der Waals surface area contributed by atoms with Gasteiger partial charge in [-0.1, -0.05) is 29.8 Å². The first kappa shape index (κ1) is 13.8. The van der Waals surface area contributed by atoms with Crippen molar-refractivity contribution in [2.45, 2.75) is 6.54 Å². The van der Waals surface area contributed by atoms with Gasteiger partial charge >= 0.3 is 0 Å². The smallest absolute Gasteiger partial charge is 0.172 e. The molecule has 0 unspecified atom stereocenters. The summed E-state index contributed by atoms with van der Waals surface area (Å²) >= 11 is 6.02.